The zero-order valence-electron chi connectivity index (χ0n) is 15.6. The van der Waals surface area contributed by atoms with Crippen molar-refractivity contribution in [3.05, 3.63) is 59.0 Å². The first-order valence-electron chi connectivity index (χ1n) is 9.17. The van der Waals surface area contributed by atoms with Gasteiger partial charge in [-0.1, -0.05) is 6.07 Å². The van der Waals surface area contributed by atoms with Gasteiger partial charge in [0.05, 0.1) is 30.5 Å². The molecule has 0 bridgehead atoms. The van der Waals surface area contributed by atoms with Crippen molar-refractivity contribution in [3.63, 3.8) is 0 Å². The topological polar surface area (TPSA) is 74.1 Å². The third kappa shape index (κ3) is 3.73. The number of nitrogens with one attached hydrogen (secondary N) is 1. The van der Waals surface area contributed by atoms with Crippen LogP contribution in [0.1, 0.15) is 16.8 Å². The van der Waals surface area contributed by atoms with Gasteiger partial charge in [0.2, 0.25) is 0 Å². The van der Waals surface area contributed by atoms with Crippen molar-refractivity contribution in [2.45, 2.75) is 13.5 Å². The van der Waals surface area contributed by atoms with Crippen LogP contribution in [0.25, 0.3) is 10.8 Å². The molecule has 4 rings (SSSR count). The Balaban J connectivity index is 1.65. The molecule has 1 aromatic heterocycles. The average Bonchev–Trinajstić information content (AvgIpc) is 2.73. The first kappa shape index (κ1) is 18.1. The molecule has 1 fully saturated rings. The van der Waals surface area contributed by atoms with Crippen molar-refractivity contribution >= 4 is 22.3 Å². The number of aryl methyl sites for hydroxylation is 1. The van der Waals surface area contributed by atoms with E-state index in [2.05, 4.69) is 38.6 Å². The van der Waals surface area contributed by atoms with Crippen LogP contribution in [0.4, 0.5) is 15.9 Å². The summed E-state index contributed by atoms with van der Waals surface area (Å²) in [5.74, 6) is 0.212. The van der Waals surface area contributed by atoms with Gasteiger partial charge >= 0.3 is 0 Å². The van der Waals surface area contributed by atoms with Crippen LogP contribution in [0, 0.1) is 24.1 Å². The summed E-state index contributed by atoms with van der Waals surface area (Å²) in [5, 5.41) is 22.8. The van der Waals surface area contributed by atoms with Gasteiger partial charge in [-0.3, -0.25) is 0 Å². The minimum absolute atomic E-state index is 0.297. The van der Waals surface area contributed by atoms with E-state index < -0.39 is 5.82 Å². The van der Waals surface area contributed by atoms with Crippen molar-refractivity contribution in [1.29, 1.82) is 5.26 Å². The normalized spacial score (nSPS) is 14.1. The monoisotopic (exact) mass is 377 g/mol. The maximum absolute atomic E-state index is 13.7. The number of fused-ring (bicyclic) bond motifs is 1. The Labute approximate surface area is 162 Å². The van der Waals surface area contributed by atoms with Crippen LogP contribution in [0.2, 0.25) is 0 Å². The quantitative estimate of drug-likeness (QED) is 0.751. The molecule has 28 heavy (non-hydrogen) atoms. The largest absolute Gasteiger partial charge is 0.378 e. The fourth-order valence-corrected chi connectivity index (χ4v) is 3.43. The molecular weight excluding hydrogens is 357 g/mol. The second-order valence-corrected chi connectivity index (χ2v) is 6.78. The van der Waals surface area contributed by atoms with Gasteiger partial charge < -0.3 is 15.0 Å². The lowest BCUT2D eigenvalue weighted by molar-refractivity contribution is 0.122. The Kier molecular flexibility index (Phi) is 5.04. The maximum Gasteiger partial charge on any atom is 0.156 e. The molecule has 0 aliphatic carbocycles. The average molecular weight is 377 g/mol. The Morgan fingerprint density at radius 3 is 2.75 bits per heavy atom. The first-order valence-corrected chi connectivity index (χ1v) is 9.17. The Bertz CT molecular complexity index is 1060. The second-order valence-electron chi connectivity index (χ2n) is 6.78. The lowest BCUT2D eigenvalue weighted by Crippen LogP contribution is -2.36. The number of hydrogen-bond donors (Lipinski definition) is 1. The summed E-state index contributed by atoms with van der Waals surface area (Å²) in [4.78, 5) is 2.29. The van der Waals surface area contributed by atoms with Crippen LogP contribution in [0.5, 0.6) is 0 Å². The highest BCUT2D eigenvalue weighted by Gasteiger charge is 2.14. The molecule has 1 saturated heterocycles. The summed E-state index contributed by atoms with van der Waals surface area (Å²) in [7, 11) is 0. The van der Waals surface area contributed by atoms with E-state index in [0.29, 0.717) is 23.5 Å². The standard InChI is InChI=1S/C21H20FN5O/c1-14-19-3-2-18(27-4-6-28-7-5-27)11-20(19)21(26-25-14)24-13-16-8-15(12-23)9-17(22)10-16/h2-3,8-11H,4-7,13H2,1H3,(H,24,26). The minimum Gasteiger partial charge on any atom is -0.378 e. The van der Waals surface area contributed by atoms with E-state index in [1.54, 1.807) is 6.07 Å². The van der Waals surface area contributed by atoms with Crippen LogP contribution in [0.3, 0.4) is 0 Å². The van der Waals surface area contributed by atoms with E-state index in [9.17, 15) is 4.39 Å². The Morgan fingerprint density at radius 1 is 1.14 bits per heavy atom. The second kappa shape index (κ2) is 7.79. The summed E-state index contributed by atoms with van der Waals surface area (Å²) in [6, 6.07) is 12.5. The molecule has 6 nitrogen and oxygen atoms in total. The number of hydrogen-bond acceptors (Lipinski definition) is 6. The Morgan fingerprint density at radius 2 is 1.96 bits per heavy atom. The van der Waals surface area contributed by atoms with E-state index in [1.165, 1.54) is 12.1 Å². The highest BCUT2D eigenvalue weighted by Crippen LogP contribution is 2.28. The third-order valence-corrected chi connectivity index (χ3v) is 4.87. The van der Waals surface area contributed by atoms with Crippen molar-refractivity contribution in [2.75, 3.05) is 36.5 Å². The van der Waals surface area contributed by atoms with Crippen LogP contribution < -0.4 is 10.2 Å². The smallest absolute Gasteiger partial charge is 0.156 e. The third-order valence-electron chi connectivity index (χ3n) is 4.87. The summed E-state index contributed by atoms with van der Waals surface area (Å²) >= 11 is 0. The first-order chi connectivity index (χ1) is 13.6. The van der Waals surface area contributed by atoms with Crippen molar-refractivity contribution in [1.82, 2.24) is 10.2 Å². The SMILES string of the molecule is Cc1nnc(NCc2cc(F)cc(C#N)c2)c2cc(N3CCOCC3)ccc12. The van der Waals surface area contributed by atoms with Crippen molar-refractivity contribution < 1.29 is 9.13 Å². The van der Waals surface area contributed by atoms with E-state index in [4.69, 9.17) is 10.00 Å². The lowest BCUT2D eigenvalue weighted by Gasteiger charge is -2.29. The van der Waals surface area contributed by atoms with Gasteiger partial charge in [0.15, 0.2) is 5.82 Å². The summed E-state index contributed by atoms with van der Waals surface area (Å²) in [5.41, 5.74) is 2.94. The lowest BCUT2D eigenvalue weighted by atomic mass is 10.1. The molecule has 3 aromatic rings. The molecule has 0 atom stereocenters. The van der Waals surface area contributed by atoms with Crippen LogP contribution in [-0.4, -0.2) is 36.5 Å². The number of nitrogens with zero attached hydrogens (tertiary/aromatic N) is 4. The molecule has 0 radical (unpaired) electrons. The summed E-state index contributed by atoms with van der Waals surface area (Å²) in [6.07, 6.45) is 0. The van der Waals surface area contributed by atoms with Crippen molar-refractivity contribution in [2.24, 2.45) is 0 Å². The molecule has 7 heteroatoms. The molecule has 2 aromatic carbocycles. The summed E-state index contributed by atoms with van der Waals surface area (Å²) in [6.45, 7) is 5.42. The predicted molar refractivity (Wildman–Crippen MR) is 106 cm³/mol. The number of rotatable bonds is 4. The zero-order valence-corrected chi connectivity index (χ0v) is 15.6. The van der Waals surface area contributed by atoms with E-state index in [0.717, 1.165) is 48.5 Å². The van der Waals surface area contributed by atoms with Gasteiger partial charge in [-0.2, -0.15) is 10.4 Å². The summed E-state index contributed by atoms with van der Waals surface area (Å²) < 4.78 is 19.1. The molecule has 1 aliphatic heterocycles. The van der Waals surface area contributed by atoms with Crippen LogP contribution >= 0.6 is 0 Å². The van der Waals surface area contributed by atoms with E-state index in [-0.39, 0.29) is 0 Å². The van der Waals surface area contributed by atoms with Crippen LogP contribution in [-0.2, 0) is 11.3 Å². The van der Waals surface area contributed by atoms with Gasteiger partial charge in [-0.25, -0.2) is 4.39 Å². The van der Waals surface area contributed by atoms with Gasteiger partial charge in [-0.05, 0) is 42.8 Å². The molecule has 0 unspecified atom stereocenters. The van der Waals surface area contributed by atoms with Gasteiger partial charge in [0, 0.05) is 36.1 Å². The molecule has 0 amide bonds. The number of nitriles is 1. The van der Waals surface area contributed by atoms with Crippen molar-refractivity contribution in [3.8, 4) is 6.07 Å². The van der Waals surface area contributed by atoms with E-state index >= 15 is 0 Å². The molecule has 0 saturated carbocycles. The number of anilines is 2. The van der Waals surface area contributed by atoms with Gasteiger partial charge in [-0.15, -0.1) is 5.10 Å². The molecular formula is C21H20FN5O. The fraction of sp³-hybridized carbons (Fsp3) is 0.286. The molecule has 2 heterocycles. The maximum atomic E-state index is 13.7. The number of halogens is 1. The number of morpholine rings is 1. The molecule has 0 spiro atoms. The fourth-order valence-electron chi connectivity index (χ4n) is 3.43. The Hall–Kier alpha value is -3.24. The zero-order chi connectivity index (χ0) is 19.5. The molecule has 1 aliphatic rings. The predicted octanol–water partition coefficient (Wildman–Crippen LogP) is 3.40. The minimum atomic E-state index is -0.426. The molecule has 142 valence electrons. The number of ether oxygens (including phenoxy) is 1. The van der Waals surface area contributed by atoms with Crippen LogP contribution in [0.15, 0.2) is 36.4 Å². The molecule has 1 N–H and O–H groups in total. The van der Waals surface area contributed by atoms with Gasteiger partial charge in [0.1, 0.15) is 5.82 Å². The number of benzene rings is 2. The number of aromatic nitrogens is 2. The highest BCUT2D eigenvalue weighted by atomic mass is 19.1. The highest BCUT2D eigenvalue weighted by molar-refractivity contribution is 5.95. The van der Waals surface area contributed by atoms with Gasteiger partial charge in [0.25, 0.3) is 0 Å². The van der Waals surface area contributed by atoms with E-state index in [1.807, 2.05) is 13.0 Å².